The minimum atomic E-state index is -0.350. The van der Waals surface area contributed by atoms with Gasteiger partial charge in [0.1, 0.15) is 0 Å². The van der Waals surface area contributed by atoms with Crippen molar-refractivity contribution in [3.63, 3.8) is 0 Å². The van der Waals surface area contributed by atoms with Crippen molar-refractivity contribution in [1.29, 1.82) is 0 Å². The number of aromatic nitrogens is 2. The van der Waals surface area contributed by atoms with Crippen molar-refractivity contribution in [2.24, 2.45) is 0 Å². The average molecular weight is 237 g/mol. The first kappa shape index (κ1) is 11.1. The number of aromatic hydroxyl groups is 1. The van der Waals surface area contributed by atoms with E-state index in [0.29, 0.717) is 5.39 Å². The van der Waals surface area contributed by atoms with Gasteiger partial charge in [-0.25, -0.2) is 0 Å². The number of fused-ring (bicyclic) bond motifs is 1. The lowest BCUT2D eigenvalue weighted by atomic mass is 10.1. The molecular formula is C10H11N3O4. The summed E-state index contributed by atoms with van der Waals surface area (Å²) in [5.74, 6) is -0.157. The lowest BCUT2D eigenvalue weighted by Gasteiger charge is -2.13. The molecule has 2 aromatic rings. The van der Waals surface area contributed by atoms with Crippen LogP contribution < -0.4 is 20.1 Å². The summed E-state index contributed by atoms with van der Waals surface area (Å²) in [7, 11) is 2.74. The van der Waals surface area contributed by atoms with Gasteiger partial charge in [-0.2, -0.15) is 0 Å². The number of hydrogen-bond donors (Lipinski definition) is 2. The normalized spacial score (nSPS) is 10.5. The van der Waals surface area contributed by atoms with E-state index in [-0.39, 0.29) is 33.3 Å². The van der Waals surface area contributed by atoms with Gasteiger partial charge in [-0.15, -0.1) is 0 Å². The smallest absolute Gasteiger partial charge is 0.299 e. The molecule has 0 bridgehead atoms. The molecule has 17 heavy (non-hydrogen) atoms. The van der Waals surface area contributed by atoms with E-state index < -0.39 is 0 Å². The molecule has 0 unspecified atom stereocenters. The van der Waals surface area contributed by atoms with Crippen LogP contribution in [0.4, 0.5) is 5.69 Å². The third-order valence-electron chi connectivity index (χ3n) is 2.45. The molecule has 1 aromatic heterocycles. The zero-order valence-electron chi connectivity index (χ0n) is 9.30. The molecule has 1 aromatic carbocycles. The highest BCUT2D eigenvalue weighted by molar-refractivity contribution is 5.98. The van der Waals surface area contributed by atoms with Crippen molar-refractivity contribution >= 4 is 16.6 Å². The average Bonchev–Trinajstić information content (AvgIpc) is 2.33. The lowest BCUT2D eigenvalue weighted by Crippen LogP contribution is -2.31. The van der Waals surface area contributed by atoms with Crippen molar-refractivity contribution in [2.75, 3.05) is 20.0 Å². The molecule has 0 saturated heterocycles. The van der Waals surface area contributed by atoms with Gasteiger partial charge in [-0.1, -0.05) is 0 Å². The summed E-state index contributed by atoms with van der Waals surface area (Å²) >= 11 is 0. The number of nitrogens with zero attached hydrogens (tertiary/aromatic N) is 2. The van der Waals surface area contributed by atoms with E-state index in [1.165, 1.54) is 26.5 Å². The Morgan fingerprint density at radius 2 is 2.00 bits per heavy atom. The molecular weight excluding hydrogens is 226 g/mol. The van der Waals surface area contributed by atoms with Gasteiger partial charge in [0.05, 0.1) is 31.5 Å². The van der Waals surface area contributed by atoms with Gasteiger partial charge < -0.3 is 25.5 Å². The Morgan fingerprint density at radius 3 is 2.59 bits per heavy atom. The quantitative estimate of drug-likeness (QED) is 0.334. The largest absolute Gasteiger partial charge is 0.594 e. The number of nitrogens with two attached hydrogens (primary N) is 1. The maximum absolute atomic E-state index is 11.5. The minimum absolute atomic E-state index is 0.00935. The maximum atomic E-state index is 11.5. The van der Waals surface area contributed by atoms with Crippen molar-refractivity contribution in [2.45, 2.75) is 0 Å². The summed E-state index contributed by atoms with van der Waals surface area (Å²) in [5.41, 5.74) is 6.01. The Kier molecular flexibility index (Phi) is 2.51. The molecule has 0 amide bonds. The molecule has 0 atom stereocenters. The van der Waals surface area contributed by atoms with E-state index >= 15 is 0 Å². The monoisotopic (exact) mass is 237 g/mol. The van der Waals surface area contributed by atoms with Gasteiger partial charge in [0.15, 0.2) is 5.75 Å². The van der Waals surface area contributed by atoms with E-state index in [2.05, 4.69) is 5.10 Å². The van der Waals surface area contributed by atoms with Gasteiger partial charge in [-0.05, 0) is 10.9 Å². The molecule has 0 radical (unpaired) electrons. The van der Waals surface area contributed by atoms with Gasteiger partial charge in [0.2, 0.25) is 11.5 Å². The summed E-state index contributed by atoms with van der Waals surface area (Å²) < 4.78 is 10.0. The third kappa shape index (κ3) is 1.43. The predicted octanol–water partition coefficient (Wildman–Crippen LogP) is 0.173. The van der Waals surface area contributed by atoms with E-state index in [9.17, 15) is 10.3 Å². The summed E-state index contributed by atoms with van der Waals surface area (Å²) in [6.07, 6.45) is 1.29. The van der Waals surface area contributed by atoms with Gasteiger partial charge >= 0.3 is 0 Å². The van der Waals surface area contributed by atoms with Crippen LogP contribution in [0.15, 0.2) is 12.3 Å². The van der Waals surface area contributed by atoms with Crippen LogP contribution in [-0.2, 0) is 0 Å². The molecule has 3 N–H and O–H groups in total. The maximum Gasteiger partial charge on any atom is 0.299 e. The summed E-state index contributed by atoms with van der Waals surface area (Å²) in [4.78, 5) is 0.281. The zero-order chi connectivity index (χ0) is 12.6. The number of ether oxygens (including phenoxy) is 2. The first-order chi connectivity index (χ1) is 8.11. The second-order valence-electron chi connectivity index (χ2n) is 3.30. The highest BCUT2D eigenvalue weighted by Gasteiger charge is 2.25. The lowest BCUT2D eigenvalue weighted by molar-refractivity contribution is -0.642. The second kappa shape index (κ2) is 3.85. The van der Waals surface area contributed by atoms with Crippen LogP contribution in [0.2, 0.25) is 0 Å². The van der Waals surface area contributed by atoms with Gasteiger partial charge in [0.25, 0.3) is 5.52 Å². The number of anilines is 1. The summed E-state index contributed by atoms with van der Waals surface area (Å²) in [6, 6.07) is 1.51. The van der Waals surface area contributed by atoms with E-state index in [4.69, 9.17) is 15.2 Å². The number of phenolic OH excluding ortho intramolecular Hbond substituents is 1. The summed E-state index contributed by atoms with van der Waals surface area (Å²) in [6.45, 7) is 0. The number of rotatable bonds is 2. The van der Waals surface area contributed by atoms with E-state index in [0.717, 1.165) is 0 Å². The predicted molar refractivity (Wildman–Crippen MR) is 59.9 cm³/mol. The number of methoxy groups -OCH3 is 2. The number of phenols is 1. The highest BCUT2D eigenvalue weighted by Crippen LogP contribution is 2.46. The third-order valence-corrected chi connectivity index (χ3v) is 2.45. The number of nitrogen functional groups attached to an aromatic ring is 1. The van der Waals surface area contributed by atoms with Crippen LogP contribution >= 0.6 is 0 Å². The highest BCUT2D eigenvalue weighted by atomic mass is 16.5. The van der Waals surface area contributed by atoms with Crippen LogP contribution in [0.3, 0.4) is 0 Å². The van der Waals surface area contributed by atoms with Crippen molar-refractivity contribution in [3.05, 3.63) is 17.5 Å². The Hall–Kier alpha value is -2.44. The second-order valence-corrected chi connectivity index (χ2v) is 3.30. The molecule has 2 rings (SSSR count). The zero-order valence-corrected chi connectivity index (χ0v) is 9.30. The van der Waals surface area contributed by atoms with E-state index in [1.54, 1.807) is 0 Å². The van der Waals surface area contributed by atoms with Crippen molar-refractivity contribution < 1.29 is 19.4 Å². The van der Waals surface area contributed by atoms with Crippen LogP contribution in [0.25, 0.3) is 10.9 Å². The molecule has 7 nitrogen and oxygen atoms in total. The molecule has 0 saturated carbocycles. The van der Waals surface area contributed by atoms with Gasteiger partial charge in [-0.3, -0.25) is 0 Å². The van der Waals surface area contributed by atoms with Crippen LogP contribution in [-0.4, -0.2) is 24.4 Å². The topological polar surface area (TPSA) is 105 Å². The van der Waals surface area contributed by atoms with Crippen LogP contribution in [0.5, 0.6) is 17.2 Å². The number of hydrogen-bond acceptors (Lipinski definition) is 6. The van der Waals surface area contributed by atoms with Crippen LogP contribution in [0.1, 0.15) is 0 Å². The standard InChI is InChI=1S/C10H11N3O4/c1-16-9-6(11)5-3-4-12-13(15)7(5)8(14)10(9)17-2/h3-4,14H,11H2,1-2H3. The molecule has 0 fully saturated rings. The summed E-state index contributed by atoms with van der Waals surface area (Å²) in [5, 5.41) is 25.3. The first-order valence-corrected chi connectivity index (χ1v) is 4.72. The number of benzene rings is 1. The molecule has 1 heterocycles. The Balaban J connectivity index is 2.99. The van der Waals surface area contributed by atoms with E-state index in [1.807, 2.05) is 0 Å². The fourth-order valence-corrected chi connectivity index (χ4v) is 1.70. The minimum Gasteiger partial charge on any atom is -0.594 e. The Morgan fingerprint density at radius 1 is 1.35 bits per heavy atom. The molecule has 0 aliphatic heterocycles. The van der Waals surface area contributed by atoms with Crippen molar-refractivity contribution in [1.82, 2.24) is 5.10 Å². The fraction of sp³-hybridized carbons (Fsp3) is 0.200. The van der Waals surface area contributed by atoms with Crippen molar-refractivity contribution in [3.8, 4) is 17.2 Å². The molecule has 0 aliphatic rings. The molecule has 7 heteroatoms. The van der Waals surface area contributed by atoms with Gasteiger partial charge in [0, 0.05) is 5.10 Å². The Bertz CT molecular complexity index is 586. The Labute approximate surface area is 96.6 Å². The molecule has 0 spiro atoms. The molecule has 90 valence electrons. The first-order valence-electron chi connectivity index (χ1n) is 4.72. The molecule has 0 aliphatic carbocycles. The fourth-order valence-electron chi connectivity index (χ4n) is 1.70. The SMILES string of the molecule is COc1c(OC)c(O)c2c(ccn[n+]2[O-])c1N. The van der Waals surface area contributed by atoms with Crippen LogP contribution in [0, 0.1) is 5.21 Å².